The molecule has 0 unspecified atom stereocenters. The maximum absolute atomic E-state index is 11.1. The van der Waals surface area contributed by atoms with Crippen molar-refractivity contribution in [1.29, 1.82) is 0 Å². The predicted molar refractivity (Wildman–Crippen MR) is 56.6 cm³/mol. The number of primary sulfonamides is 1. The number of hydrogen-bond donors (Lipinski definition) is 1. The van der Waals surface area contributed by atoms with Crippen molar-refractivity contribution in [2.75, 3.05) is 0 Å². The maximum atomic E-state index is 11.1. The molecule has 0 aliphatic heterocycles. The monoisotopic (exact) mass is 213 g/mol. The van der Waals surface area contributed by atoms with Gasteiger partial charge in [0.25, 0.3) is 0 Å². The van der Waals surface area contributed by atoms with Crippen LogP contribution in [-0.2, 0) is 10.0 Å². The summed E-state index contributed by atoms with van der Waals surface area (Å²) in [6.45, 7) is 5.88. The van der Waals surface area contributed by atoms with Crippen LogP contribution in [0.25, 0.3) is 0 Å². The van der Waals surface area contributed by atoms with E-state index in [1.54, 1.807) is 19.1 Å². The Morgan fingerprint density at radius 2 is 1.86 bits per heavy atom. The summed E-state index contributed by atoms with van der Waals surface area (Å²) >= 11 is 0. The molecule has 0 aromatic heterocycles. The Bertz CT molecular complexity index is 435. The summed E-state index contributed by atoms with van der Waals surface area (Å²) in [4.78, 5) is 0.210. The molecule has 0 amide bonds. The zero-order valence-electron chi connectivity index (χ0n) is 8.61. The van der Waals surface area contributed by atoms with Crippen molar-refractivity contribution in [2.45, 2.75) is 31.6 Å². The first kappa shape index (κ1) is 11.2. The number of aryl methyl sites for hydroxylation is 1. The van der Waals surface area contributed by atoms with E-state index in [9.17, 15) is 8.42 Å². The second kappa shape index (κ2) is 3.71. The van der Waals surface area contributed by atoms with Crippen LogP contribution >= 0.6 is 0 Å². The van der Waals surface area contributed by atoms with E-state index < -0.39 is 10.0 Å². The van der Waals surface area contributed by atoms with Gasteiger partial charge in [-0.3, -0.25) is 0 Å². The topological polar surface area (TPSA) is 60.2 Å². The summed E-state index contributed by atoms with van der Waals surface area (Å²) < 4.78 is 22.2. The van der Waals surface area contributed by atoms with E-state index in [2.05, 4.69) is 13.8 Å². The van der Waals surface area contributed by atoms with Crippen LogP contribution in [0, 0.1) is 6.92 Å². The van der Waals surface area contributed by atoms with Crippen LogP contribution in [0.15, 0.2) is 23.1 Å². The molecule has 78 valence electrons. The molecule has 1 aromatic carbocycles. The number of nitrogens with two attached hydrogens (primary N) is 1. The van der Waals surface area contributed by atoms with Gasteiger partial charge >= 0.3 is 0 Å². The number of rotatable bonds is 2. The summed E-state index contributed by atoms with van der Waals surface area (Å²) in [6.07, 6.45) is 0. The number of benzene rings is 1. The summed E-state index contributed by atoms with van der Waals surface area (Å²) in [5.41, 5.74) is 1.83. The zero-order valence-corrected chi connectivity index (χ0v) is 9.43. The van der Waals surface area contributed by atoms with E-state index in [1.165, 1.54) is 0 Å². The number of hydrogen-bond acceptors (Lipinski definition) is 2. The lowest BCUT2D eigenvalue weighted by Crippen LogP contribution is -2.13. The van der Waals surface area contributed by atoms with Crippen LogP contribution in [0.1, 0.15) is 30.9 Å². The highest BCUT2D eigenvalue weighted by atomic mass is 32.2. The highest BCUT2D eigenvalue weighted by Gasteiger charge is 2.11. The molecule has 0 bridgehead atoms. The van der Waals surface area contributed by atoms with Crippen LogP contribution in [0.3, 0.4) is 0 Å². The average Bonchev–Trinajstić information content (AvgIpc) is 2.01. The van der Waals surface area contributed by atoms with Gasteiger partial charge in [0.15, 0.2) is 0 Å². The molecular formula is C10H15NO2S. The molecule has 0 saturated carbocycles. The highest BCUT2D eigenvalue weighted by Crippen LogP contribution is 2.20. The molecule has 4 heteroatoms. The third-order valence-electron chi connectivity index (χ3n) is 2.17. The standard InChI is InChI=1S/C10H15NO2S/c1-7(2)9-4-5-10(8(3)6-9)14(11,12)13/h4-7H,1-3H3,(H2,11,12,13). The lowest BCUT2D eigenvalue weighted by atomic mass is 10.0. The van der Waals surface area contributed by atoms with Gasteiger partial charge in [-0.15, -0.1) is 0 Å². The molecular weight excluding hydrogens is 198 g/mol. The molecule has 0 heterocycles. The SMILES string of the molecule is Cc1cc(C(C)C)ccc1S(N)(=O)=O. The Kier molecular flexibility index (Phi) is 2.97. The van der Waals surface area contributed by atoms with Crippen LogP contribution in [0.4, 0.5) is 0 Å². The second-order valence-corrected chi connectivity index (χ2v) is 5.25. The first-order chi connectivity index (χ1) is 6.32. The first-order valence-electron chi connectivity index (χ1n) is 4.45. The van der Waals surface area contributed by atoms with E-state index in [1.807, 2.05) is 6.07 Å². The molecule has 0 saturated heterocycles. The van der Waals surface area contributed by atoms with Crippen LogP contribution in [0.5, 0.6) is 0 Å². The smallest absolute Gasteiger partial charge is 0.225 e. The molecule has 2 N–H and O–H groups in total. The maximum Gasteiger partial charge on any atom is 0.238 e. The van der Waals surface area contributed by atoms with Gasteiger partial charge in [-0.1, -0.05) is 26.0 Å². The lowest BCUT2D eigenvalue weighted by molar-refractivity contribution is 0.597. The van der Waals surface area contributed by atoms with E-state index in [0.717, 1.165) is 5.56 Å². The lowest BCUT2D eigenvalue weighted by Gasteiger charge is -2.09. The van der Waals surface area contributed by atoms with Crippen molar-refractivity contribution in [1.82, 2.24) is 0 Å². The van der Waals surface area contributed by atoms with Crippen molar-refractivity contribution in [3.63, 3.8) is 0 Å². The largest absolute Gasteiger partial charge is 0.238 e. The predicted octanol–water partition coefficient (Wildman–Crippen LogP) is 1.77. The van der Waals surface area contributed by atoms with Gasteiger partial charge in [0.05, 0.1) is 4.90 Å². The summed E-state index contributed by atoms with van der Waals surface area (Å²) in [7, 11) is -3.58. The molecule has 0 aliphatic carbocycles. The Labute approximate surface area is 85.0 Å². The van der Waals surface area contributed by atoms with Gasteiger partial charge in [0.1, 0.15) is 0 Å². The Morgan fingerprint density at radius 3 is 2.21 bits per heavy atom. The summed E-state index contributed by atoms with van der Waals surface area (Å²) in [5, 5.41) is 5.06. The van der Waals surface area contributed by atoms with E-state index in [4.69, 9.17) is 5.14 Å². The van der Waals surface area contributed by atoms with Gasteiger partial charge in [-0.05, 0) is 30.0 Å². The highest BCUT2D eigenvalue weighted by molar-refractivity contribution is 7.89. The Hall–Kier alpha value is -0.870. The first-order valence-corrected chi connectivity index (χ1v) is 6.00. The van der Waals surface area contributed by atoms with Gasteiger partial charge in [-0.2, -0.15) is 0 Å². The van der Waals surface area contributed by atoms with Crippen molar-refractivity contribution in [3.8, 4) is 0 Å². The van der Waals surface area contributed by atoms with Crippen LogP contribution < -0.4 is 5.14 Å². The summed E-state index contributed by atoms with van der Waals surface area (Å²) in [5.74, 6) is 0.392. The quantitative estimate of drug-likeness (QED) is 0.813. The third-order valence-corrected chi connectivity index (χ3v) is 3.24. The van der Waals surface area contributed by atoms with Crippen molar-refractivity contribution < 1.29 is 8.42 Å². The average molecular weight is 213 g/mol. The summed E-state index contributed by atoms with van der Waals surface area (Å²) in [6, 6.07) is 5.24. The fourth-order valence-corrected chi connectivity index (χ4v) is 2.12. The Morgan fingerprint density at radius 1 is 1.29 bits per heavy atom. The fourth-order valence-electron chi connectivity index (χ4n) is 1.35. The molecule has 0 atom stereocenters. The van der Waals surface area contributed by atoms with Crippen LogP contribution in [0.2, 0.25) is 0 Å². The minimum Gasteiger partial charge on any atom is -0.225 e. The van der Waals surface area contributed by atoms with Crippen molar-refractivity contribution in [2.24, 2.45) is 5.14 Å². The molecule has 0 radical (unpaired) electrons. The molecule has 1 aromatic rings. The second-order valence-electron chi connectivity index (χ2n) is 3.72. The number of sulfonamides is 1. The normalized spacial score (nSPS) is 12.1. The van der Waals surface area contributed by atoms with Crippen LogP contribution in [-0.4, -0.2) is 8.42 Å². The molecule has 0 fully saturated rings. The van der Waals surface area contributed by atoms with Crippen molar-refractivity contribution in [3.05, 3.63) is 29.3 Å². The molecule has 0 spiro atoms. The van der Waals surface area contributed by atoms with Crippen molar-refractivity contribution >= 4 is 10.0 Å². The van der Waals surface area contributed by atoms with E-state index >= 15 is 0 Å². The van der Waals surface area contributed by atoms with Gasteiger partial charge < -0.3 is 0 Å². The van der Waals surface area contributed by atoms with Gasteiger partial charge in [0.2, 0.25) is 10.0 Å². The van der Waals surface area contributed by atoms with Gasteiger partial charge in [-0.25, -0.2) is 13.6 Å². The molecule has 0 aliphatic rings. The third kappa shape index (κ3) is 2.33. The molecule has 14 heavy (non-hydrogen) atoms. The molecule has 3 nitrogen and oxygen atoms in total. The fraction of sp³-hybridized carbons (Fsp3) is 0.400. The zero-order chi connectivity index (χ0) is 10.9. The molecule has 1 rings (SSSR count). The van der Waals surface area contributed by atoms with Gasteiger partial charge in [0, 0.05) is 0 Å². The van der Waals surface area contributed by atoms with E-state index in [-0.39, 0.29) is 4.90 Å². The minimum atomic E-state index is -3.58. The minimum absolute atomic E-state index is 0.210. The Balaban J connectivity index is 3.28. The van der Waals surface area contributed by atoms with E-state index in [0.29, 0.717) is 11.5 Å².